The molecule has 0 aromatic carbocycles. The van der Waals surface area contributed by atoms with Gasteiger partial charge in [-0.3, -0.25) is 4.79 Å². The second-order valence-corrected chi connectivity index (χ2v) is 3.58. The average Bonchev–Trinajstić information content (AvgIpc) is 2.65. The lowest BCUT2D eigenvalue weighted by Crippen LogP contribution is -2.44. The molecule has 0 spiro atoms. The van der Waals surface area contributed by atoms with Crippen molar-refractivity contribution in [3.63, 3.8) is 0 Å². The highest BCUT2D eigenvalue weighted by atomic mass is 16.5. The minimum Gasteiger partial charge on any atom is -0.351 e. The van der Waals surface area contributed by atoms with Crippen LogP contribution in [0.2, 0.25) is 0 Å². The molecule has 1 rings (SSSR count). The predicted molar refractivity (Wildman–Crippen MR) is 53.0 cm³/mol. The molecule has 1 aromatic rings. The van der Waals surface area contributed by atoms with E-state index in [1.54, 1.807) is 13.8 Å². The van der Waals surface area contributed by atoms with Crippen molar-refractivity contribution in [2.45, 2.75) is 32.7 Å². The molecule has 15 heavy (non-hydrogen) atoms. The molecule has 1 aromatic heterocycles. The number of hydrogen-bond donors (Lipinski definition) is 1. The number of hydrogen-bond acceptors (Lipinski definition) is 4. The van der Waals surface area contributed by atoms with Crippen molar-refractivity contribution in [3.8, 4) is 6.07 Å². The van der Waals surface area contributed by atoms with Crippen LogP contribution in [0.4, 0.5) is 0 Å². The van der Waals surface area contributed by atoms with Crippen LogP contribution < -0.4 is 5.32 Å². The van der Waals surface area contributed by atoms with Gasteiger partial charge < -0.3 is 9.84 Å². The molecule has 0 aliphatic heterocycles. The zero-order valence-corrected chi connectivity index (χ0v) is 9.00. The van der Waals surface area contributed by atoms with E-state index in [1.165, 1.54) is 6.07 Å². The Kier molecular flexibility index (Phi) is 3.10. The van der Waals surface area contributed by atoms with Crippen LogP contribution in [0.1, 0.15) is 36.5 Å². The number of aromatic nitrogens is 1. The third kappa shape index (κ3) is 2.56. The quantitative estimate of drug-likeness (QED) is 0.812. The van der Waals surface area contributed by atoms with E-state index in [1.807, 2.05) is 13.0 Å². The van der Waals surface area contributed by atoms with E-state index in [2.05, 4.69) is 10.5 Å². The number of nitrogens with zero attached hydrogens (tertiary/aromatic N) is 2. The molecule has 0 aliphatic carbocycles. The molecule has 0 radical (unpaired) electrons. The first-order valence-electron chi connectivity index (χ1n) is 4.68. The number of nitriles is 1. The average molecular weight is 207 g/mol. The van der Waals surface area contributed by atoms with Crippen LogP contribution in [0.15, 0.2) is 10.6 Å². The van der Waals surface area contributed by atoms with Gasteiger partial charge in [0.25, 0.3) is 5.91 Å². The summed E-state index contributed by atoms with van der Waals surface area (Å²) in [7, 11) is 0. The minimum absolute atomic E-state index is 0.127. The Morgan fingerprint density at radius 1 is 1.80 bits per heavy atom. The summed E-state index contributed by atoms with van der Waals surface area (Å²) < 4.78 is 4.79. The fourth-order valence-corrected chi connectivity index (χ4v) is 0.978. The van der Waals surface area contributed by atoms with E-state index in [0.717, 1.165) is 0 Å². The summed E-state index contributed by atoms with van der Waals surface area (Å²) in [6.45, 7) is 5.22. The normalized spacial score (nSPS) is 14.0. The first-order valence-corrected chi connectivity index (χ1v) is 4.68. The molecule has 80 valence electrons. The number of nitrogens with one attached hydrogen (secondary N) is 1. The zero-order valence-electron chi connectivity index (χ0n) is 9.00. The van der Waals surface area contributed by atoms with Crippen molar-refractivity contribution in [2.75, 3.05) is 0 Å². The van der Waals surface area contributed by atoms with Gasteiger partial charge in [-0.25, -0.2) is 0 Å². The summed E-state index contributed by atoms with van der Waals surface area (Å²) in [5.41, 5.74) is -0.229. The van der Waals surface area contributed by atoms with Gasteiger partial charge in [-0.15, -0.1) is 0 Å². The lowest BCUT2D eigenvalue weighted by atomic mass is 10.0. The number of rotatable bonds is 3. The van der Waals surface area contributed by atoms with Gasteiger partial charge in [0, 0.05) is 6.07 Å². The van der Waals surface area contributed by atoms with Crippen molar-refractivity contribution in [1.29, 1.82) is 5.26 Å². The minimum atomic E-state index is -0.863. The summed E-state index contributed by atoms with van der Waals surface area (Å²) in [6, 6.07) is 3.57. The smallest absolute Gasteiger partial charge is 0.291 e. The summed E-state index contributed by atoms with van der Waals surface area (Å²) in [4.78, 5) is 11.6. The zero-order chi connectivity index (χ0) is 11.5. The molecule has 1 atom stereocenters. The van der Waals surface area contributed by atoms with E-state index >= 15 is 0 Å². The summed E-state index contributed by atoms with van der Waals surface area (Å²) in [5.74, 6) is -0.288. The molecule has 5 nitrogen and oxygen atoms in total. The molecule has 0 bridgehead atoms. The van der Waals surface area contributed by atoms with Crippen LogP contribution in [-0.2, 0) is 0 Å². The van der Waals surface area contributed by atoms with Gasteiger partial charge in [0.05, 0.1) is 11.8 Å². The van der Waals surface area contributed by atoms with Gasteiger partial charge in [-0.2, -0.15) is 5.26 Å². The maximum absolute atomic E-state index is 11.6. The van der Waals surface area contributed by atoms with Gasteiger partial charge >= 0.3 is 0 Å². The topological polar surface area (TPSA) is 78.9 Å². The Balaban J connectivity index is 2.76. The van der Waals surface area contributed by atoms with E-state index in [4.69, 9.17) is 9.78 Å². The van der Waals surface area contributed by atoms with Crippen LogP contribution >= 0.6 is 0 Å². The number of amides is 1. The fraction of sp³-hybridized carbons (Fsp3) is 0.500. The third-order valence-corrected chi connectivity index (χ3v) is 2.20. The van der Waals surface area contributed by atoms with Crippen LogP contribution in [0.3, 0.4) is 0 Å². The summed E-state index contributed by atoms with van der Waals surface area (Å²) in [5, 5.41) is 15.1. The van der Waals surface area contributed by atoms with E-state index < -0.39 is 11.4 Å². The molecule has 0 aliphatic rings. The Labute approximate surface area is 88.1 Å². The van der Waals surface area contributed by atoms with Gasteiger partial charge in [0.2, 0.25) is 5.76 Å². The van der Waals surface area contributed by atoms with Crippen molar-refractivity contribution in [2.24, 2.45) is 0 Å². The maximum atomic E-state index is 11.6. The van der Waals surface area contributed by atoms with Crippen molar-refractivity contribution in [3.05, 3.63) is 17.5 Å². The molecule has 0 saturated heterocycles. The van der Waals surface area contributed by atoms with Crippen molar-refractivity contribution >= 4 is 5.91 Å². The monoisotopic (exact) mass is 207 g/mol. The largest absolute Gasteiger partial charge is 0.351 e. The second kappa shape index (κ2) is 4.13. The Hall–Kier alpha value is -1.83. The Morgan fingerprint density at radius 3 is 2.87 bits per heavy atom. The number of carbonyl (C=O) groups is 1. The number of carbonyl (C=O) groups excluding carboxylic acids is 1. The molecular weight excluding hydrogens is 194 g/mol. The van der Waals surface area contributed by atoms with Crippen molar-refractivity contribution < 1.29 is 9.32 Å². The molecule has 1 unspecified atom stereocenters. The lowest BCUT2D eigenvalue weighted by Gasteiger charge is -2.19. The third-order valence-electron chi connectivity index (χ3n) is 2.20. The molecule has 1 amide bonds. The fourth-order valence-electron chi connectivity index (χ4n) is 0.978. The van der Waals surface area contributed by atoms with E-state index in [-0.39, 0.29) is 5.76 Å². The van der Waals surface area contributed by atoms with Crippen LogP contribution in [0.25, 0.3) is 0 Å². The summed E-state index contributed by atoms with van der Waals surface area (Å²) in [6.07, 6.45) is 0.530. The molecule has 1 N–H and O–H groups in total. The van der Waals surface area contributed by atoms with E-state index in [9.17, 15) is 4.79 Å². The summed E-state index contributed by atoms with van der Waals surface area (Å²) >= 11 is 0. The standard InChI is InChI=1S/C10H13N3O2/c1-4-10(3,6-11)12-9(14)8-5-7(2)13-15-8/h5H,4H2,1-3H3,(H,12,14). The maximum Gasteiger partial charge on any atom is 0.291 e. The lowest BCUT2D eigenvalue weighted by molar-refractivity contribution is 0.0885. The van der Waals surface area contributed by atoms with Gasteiger partial charge in [-0.05, 0) is 20.3 Å². The highest BCUT2D eigenvalue weighted by Crippen LogP contribution is 2.10. The Morgan fingerprint density at radius 2 is 2.47 bits per heavy atom. The molecular formula is C10H13N3O2. The van der Waals surface area contributed by atoms with Gasteiger partial charge in [-0.1, -0.05) is 12.1 Å². The van der Waals surface area contributed by atoms with Crippen LogP contribution in [0, 0.1) is 18.3 Å². The molecule has 1 heterocycles. The first kappa shape index (κ1) is 11.2. The van der Waals surface area contributed by atoms with E-state index in [0.29, 0.717) is 12.1 Å². The predicted octanol–water partition coefficient (Wildman–Crippen LogP) is 1.41. The second-order valence-electron chi connectivity index (χ2n) is 3.58. The molecule has 0 saturated carbocycles. The first-order chi connectivity index (χ1) is 7.00. The molecule has 0 fully saturated rings. The van der Waals surface area contributed by atoms with Crippen LogP contribution in [0.5, 0.6) is 0 Å². The van der Waals surface area contributed by atoms with Crippen LogP contribution in [-0.4, -0.2) is 16.6 Å². The molecule has 5 heteroatoms. The number of aryl methyl sites for hydroxylation is 1. The highest BCUT2D eigenvalue weighted by Gasteiger charge is 2.25. The highest BCUT2D eigenvalue weighted by molar-refractivity contribution is 5.92. The SMILES string of the molecule is CCC(C)(C#N)NC(=O)c1cc(C)no1. The van der Waals surface area contributed by atoms with Gasteiger partial charge in [0.15, 0.2) is 0 Å². The van der Waals surface area contributed by atoms with Gasteiger partial charge in [0.1, 0.15) is 5.54 Å². The van der Waals surface area contributed by atoms with Crippen molar-refractivity contribution in [1.82, 2.24) is 10.5 Å². The Bertz CT molecular complexity index is 405.